The van der Waals surface area contributed by atoms with E-state index in [1.54, 1.807) is 49.2 Å². The molecule has 2 amide bonds. The molecular formula is C22H24FN3O3S. The van der Waals surface area contributed by atoms with Crippen molar-refractivity contribution in [3.05, 3.63) is 53.8 Å². The van der Waals surface area contributed by atoms with Crippen LogP contribution in [0.15, 0.2) is 42.5 Å². The van der Waals surface area contributed by atoms with Crippen molar-refractivity contribution in [3.63, 3.8) is 0 Å². The fourth-order valence-electron chi connectivity index (χ4n) is 4.38. The minimum absolute atomic E-state index is 0.0240. The molecule has 3 unspecified atom stereocenters. The van der Waals surface area contributed by atoms with Crippen LogP contribution >= 0.6 is 11.8 Å². The molecule has 0 aromatic heterocycles. The van der Waals surface area contributed by atoms with E-state index in [0.717, 1.165) is 12.2 Å². The minimum atomic E-state index is -1.28. The van der Waals surface area contributed by atoms with Crippen LogP contribution in [0.25, 0.3) is 0 Å². The largest absolute Gasteiger partial charge is 0.497 e. The second-order valence-corrected chi connectivity index (χ2v) is 8.57. The maximum atomic E-state index is 14.1. The van der Waals surface area contributed by atoms with Crippen molar-refractivity contribution < 1.29 is 18.7 Å². The lowest BCUT2D eigenvalue weighted by Gasteiger charge is -2.29. The fraction of sp³-hybridized carbons (Fsp3) is 0.364. The van der Waals surface area contributed by atoms with Crippen LogP contribution in [0.1, 0.15) is 18.4 Å². The average molecular weight is 430 g/mol. The first-order chi connectivity index (χ1) is 14.5. The van der Waals surface area contributed by atoms with Crippen LogP contribution < -0.4 is 20.7 Å². The Bertz CT molecular complexity index is 969. The van der Waals surface area contributed by atoms with Crippen LogP contribution in [0, 0.1) is 11.7 Å². The molecule has 3 N–H and O–H groups in total. The number of ether oxygens (including phenoxy) is 1. The van der Waals surface area contributed by atoms with Crippen molar-refractivity contribution in [2.24, 2.45) is 5.92 Å². The summed E-state index contributed by atoms with van der Waals surface area (Å²) in [5.74, 6) is -0.110. The monoisotopic (exact) mass is 429 g/mol. The van der Waals surface area contributed by atoms with Gasteiger partial charge in [0.15, 0.2) is 0 Å². The van der Waals surface area contributed by atoms with Crippen LogP contribution in [-0.4, -0.2) is 37.0 Å². The van der Waals surface area contributed by atoms with E-state index < -0.39 is 17.3 Å². The molecule has 2 aromatic rings. The van der Waals surface area contributed by atoms with Gasteiger partial charge in [-0.05, 0) is 67.3 Å². The molecule has 4 rings (SSSR count). The topological polar surface area (TPSA) is 79.5 Å². The second-order valence-electron chi connectivity index (χ2n) is 7.58. The normalized spacial score (nSPS) is 24.6. The maximum absolute atomic E-state index is 14.1. The van der Waals surface area contributed by atoms with Crippen LogP contribution in [0.2, 0.25) is 0 Å². The predicted molar refractivity (Wildman–Crippen MR) is 116 cm³/mol. The van der Waals surface area contributed by atoms with Gasteiger partial charge in [-0.15, -0.1) is 0 Å². The number of benzene rings is 2. The molecule has 2 aliphatic rings. The molecule has 1 fully saturated rings. The zero-order valence-corrected chi connectivity index (χ0v) is 17.6. The van der Waals surface area contributed by atoms with Gasteiger partial charge in [-0.25, -0.2) is 4.39 Å². The molecule has 2 aliphatic heterocycles. The van der Waals surface area contributed by atoms with Crippen molar-refractivity contribution in [1.82, 2.24) is 5.32 Å². The van der Waals surface area contributed by atoms with Gasteiger partial charge in [-0.3, -0.25) is 14.9 Å². The number of nitrogens with one attached hydrogen (secondary N) is 3. The van der Waals surface area contributed by atoms with Crippen molar-refractivity contribution in [1.29, 1.82) is 0 Å². The number of carbonyl (C=O) groups is 2. The summed E-state index contributed by atoms with van der Waals surface area (Å²) in [6.45, 7) is 0. The number of hydrogen-bond donors (Lipinski definition) is 3. The number of methoxy groups -OCH3 is 1. The van der Waals surface area contributed by atoms with E-state index >= 15 is 0 Å². The first-order valence-electron chi connectivity index (χ1n) is 9.81. The number of rotatable bonds is 6. The lowest BCUT2D eigenvalue weighted by molar-refractivity contribution is -0.130. The first-order valence-corrected chi connectivity index (χ1v) is 11.2. The quantitative estimate of drug-likeness (QED) is 0.656. The highest BCUT2D eigenvalue weighted by Gasteiger charge is 2.60. The van der Waals surface area contributed by atoms with Crippen molar-refractivity contribution in [2.45, 2.75) is 24.4 Å². The number of thioether (sulfide) groups is 1. The Balaban J connectivity index is 1.68. The summed E-state index contributed by atoms with van der Waals surface area (Å²) in [5, 5.41) is 9.14. The smallest absolute Gasteiger partial charge is 0.250 e. The molecule has 1 saturated heterocycles. The molecule has 2 heterocycles. The van der Waals surface area contributed by atoms with E-state index in [0.29, 0.717) is 29.1 Å². The SMILES string of the molecule is COc1ccc(NC(=O)C2CC(CCSC)NC23C(=O)Nc2ccc(F)cc23)cc1. The van der Waals surface area contributed by atoms with E-state index in [-0.39, 0.29) is 17.9 Å². The Hall–Kier alpha value is -2.58. The highest BCUT2D eigenvalue weighted by molar-refractivity contribution is 7.98. The highest BCUT2D eigenvalue weighted by atomic mass is 32.2. The van der Waals surface area contributed by atoms with Gasteiger partial charge >= 0.3 is 0 Å². The van der Waals surface area contributed by atoms with Gasteiger partial charge in [0.25, 0.3) is 0 Å². The Morgan fingerprint density at radius 3 is 2.77 bits per heavy atom. The molecule has 1 spiro atoms. The Labute approximate surface area is 179 Å². The van der Waals surface area contributed by atoms with Crippen molar-refractivity contribution >= 4 is 35.0 Å². The zero-order valence-electron chi connectivity index (χ0n) is 16.8. The van der Waals surface area contributed by atoms with E-state index in [2.05, 4.69) is 16.0 Å². The van der Waals surface area contributed by atoms with Crippen molar-refractivity contribution in [3.8, 4) is 5.75 Å². The molecule has 0 aliphatic carbocycles. The van der Waals surface area contributed by atoms with Gasteiger partial charge in [0.05, 0.1) is 13.0 Å². The third-order valence-corrected chi connectivity index (χ3v) is 6.48. The number of halogens is 1. The molecule has 6 nitrogen and oxygen atoms in total. The van der Waals surface area contributed by atoms with Crippen molar-refractivity contribution in [2.75, 3.05) is 29.8 Å². The van der Waals surface area contributed by atoms with E-state index in [9.17, 15) is 14.0 Å². The summed E-state index contributed by atoms with van der Waals surface area (Å²) >= 11 is 1.71. The molecule has 3 atom stereocenters. The molecule has 8 heteroatoms. The second kappa shape index (κ2) is 8.28. The van der Waals surface area contributed by atoms with E-state index in [4.69, 9.17) is 4.74 Å². The summed E-state index contributed by atoms with van der Waals surface area (Å²) in [7, 11) is 1.57. The average Bonchev–Trinajstić information content (AvgIpc) is 3.26. The molecule has 158 valence electrons. The van der Waals surface area contributed by atoms with Gasteiger partial charge in [0.2, 0.25) is 11.8 Å². The Kier molecular flexibility index (Phi) is 5.71. The standard InChI is InChI=1S/C22H24FN3O3S/c1-29-16-6-4-14(5-7-16)24-20(27)18-12-15(9-10-30-2)26-22(18)17-11-13(23)3-8-19(17)25-21(22)28/h3-8,11,15,18,26H,9-10,12H2,1-2H3,(H,24,27)(H,25,28). The van der Waals surface area contributed by atoms with Crippen LogP contribution in [0.4, 0.5) is 15.8 Å². The van der Waals surface area contributed by atoms with Crippen LogP contribution in [-0.2, 0) is 15.1 Å². The number of amides is 2. The van der Waals surface area contributed by atoms with Gasteiger partial charge in [-0.1, -0.05) is 0 Å². The molecule has 0 saturated carbocycles. The van der Waals surface area contributed by atoms with Gasteiger partial charge in [0, 0.05) is 23.0 Å². The van der Waals surface area contributed by atoms with Gasteiger partial charge < -0.3 is 15.4 Å². The maximum Gasteiger partial charge on any atom is 0.250 e. The summed E-state index contributed by atoms with van der Waals surface area (Å²) in [4.78, 5) is 26.5. The molecular weight excluding hydrogens is 405 g/mol. The number of hydrogen-bond acceptors (Lipinski definition) is 5. The van der Waals surface area contributed by atoms with Gasteiger partial charge in [-0.2, -0.15) is 11.8 Å². The zero-order chi connectivity index (χ0) is 21.3. The third-order valence-electron chi connectivity index (χ3n) is 5.83. The lowest BCUT2D eigenvalue weighted by Crippen LogP contribution is -2.52. The number of fused-ring (bicyclic) bond motifs is 2. The Morgan fingerprint density at radius 2 is 2.07 bits per heavy atom. The summed E-state index contributed by atoms with van der Waals surface area (Å²) in [6.07, 6.45) is 3.32. The van der Waals surface area contributed by atoms with E-state index in [1.807, 2.05) is 6.26 Å². The Morgan fingerprint density at radius 1 is 1.30 bits per heavy atom. The molecule has 2 aromatic carbocycles. The van der Waals surface area contributed by atoms with Crippen LogP contribution in [0.5, 0.6) is 5.75 Å². The molecule has 0 radical (unpaired) electrons. The molecule has 0 bridgehead atoms. The molecule has 30 heavy (non-hydrogen) atoms. The summed E-state index contributed by atoms with van der Waals surface area (Å²) in [5.41, 5.74) is 0.369. The fourth-order valence-corrected chi connectivity index (χ4v) is 4.90. The van der Waals surface area contributed by atoms with E-state index in [1.165, 1.54) is 12.1 Å². The predicted octanol–water partition coefficient (Wildman–Crippen LogP) is 3.35. The van der Waals surface area contributed by atoms with Gasteiger partial charge in [0.1, 0.15) is 17.1 Å². The first kappa shape index (κ1) is 20.7. The minimum Gasteiger partial charge on any atom is -0.497 e. The number of anilines is 2. The number of carbonyl (C=O) groups excluding carboxylic acids is 2. The third kappa shape index (κ3) is 3.54. The van der Waals surface area contributed by atoms with Crippen LogP contribution in [0.3, 0.4) is 0 Å². The lowest BCUT2D eigenvalue weighted by atomic mass is 9.79. The highest BCUT2D eigenvalue weighted by Crippen LogP contribution is 2.48. The summed E-state index contributed by atoms with van der Waals surface area (Å²) < 4.78 is 19.2. The summed E-state index contributed by atoms with van der Waals surface area (Å²) in [6, 6.07) is 11.2.